The van der Waals surface area contributed by atoms with Crippen LogP contribution in [0.1, 0.15) is 23.7 Å². The van der Waals surface area contributed by atoms with Crippen molar-refractivity contribution in [2.45, 2.75) is 19.4 Å². The number of primary amides is 1. The van der Waals surface area contributed by atoms with Gasteiger partial charge in [-0.2, -0.15) is 5.10 Å². The fourth-order valence-electron chi connectivity index (χ4n) is 3.06. The molecule has 0 bridgehead atoms. The Kier molecular flexibility index (Phi) is 5.92. The summed E-state index contributed by atoms with van der Waals surface area (Å²) in [5.41, 5.74) is 7.11. The first-order chi connectivity index (χ1) is 13.9. The Hall–Kier alpha value is -3.68. The van der Waals surface area contributed by atoms with Crippen molar-refractivity contribution in [3.05, 3.63) is 60.2 Å². The van der Waals surface area contributed by atoms with Crippen LogP contribution in [0.5, 0.6) is 0 Å². The molecule has 0 aliphatic carbocycles. The Morgan fingerprint density at radius 3 is 2.38 bits per heavy atom. The van der Waals surface area contributed by atoms with Gasteiger partial charge in [0.15, 0.2) is 0 Å². The van der Waals surface area contributed by atoms with Gasteiger partial charge in [-0.3, -0.25) is 14.6 Å². The molecule has 0 spiro atoms. The monoisotopic (exact) mass is 394 g/mol. The topological polar surface area (TPSA) is 105 Å². The summed E-state index contributed by atoms with van der Waals surface area (Å²) in [6.45, 7) is 1.95. The Bertz CT molecular complexity index is 941. The number of nitrogens with two attached hydrogens (primary N) is 1. The zero-order chi connectivity index (χ0) is 21.0. The molecule has 8 nitrogen and oxygen atoms in total. The highest BCUT2D eigenvalue weighted by molar-refractivity contribution is 6.38. The van der Waals surface area contributed by atoms with Crippen molar-refractivity contribution >= 4 is 34.9 Å². The molecule has 0 aromatic heterocycles. The van der Waals surface area contributed by atoms with E-state index in [0.29, 0.717) is 16.9 Å². The quantitative estimate of drug-likeness (QED) is 0.754. The molecule has 2 amide bonds. The number of esters is 1. The predicted molar refractivity (Wildman–Crippen MR) is 110 cm³/mol. The summed E-state index contributed by atoms with van der Waals surface area (Å²) in [5, 5.41) is 5.90. The van der Waals surface area contributed by atoms with E-state index in [-0.39, 0.29) is 24.6 Å². The molecule has 2 N–H and O–H groups in total. The lowest BCUT2D eigenvalue weighted by Gasteiger charge is -2.27. The van der Waals surface area contributed by atoms with Crippen LogP contribution in [0.25, 0.3) is 0 Å². The smallest absolute Gasteiger partial charge is 0.354 e. The number of rotatable bonds is 6. The maximum Gasteiger partial charge on any atom is 0.354 e. The normalized spacial score (nSPS) is 15.6. The van der Waals surface area contributed by atoms with Gasteiger partial charge < -0.3 is 15.4 Å². The van der Waals surface area contributed by atoms with Crippen LogP contribution in [0.4, 0.5) is 11.4 Å². The zero-order valence-corrected chi connectivity index (χ0v) is 16.2. The van der Waals surface area contributed by atoms with E-state index in [1.807, 2.05) is 30.3 Å². The van der Waals surface area contributed by atoms with Gasteiger partial charge in [-0.25, -0.2) is 4.79 Å². The van der Waals surface area contributed by atoms with Crippen molar-refractivity contribution in [1.82, 2.24) is 0 Å². The molecule has 1 unspecified atom stereocenters. The van der Waals surface area contributed by atoms with Crippen molar-refractivity contribution in [3.8, 4) is 0 Å². The lowest BCUT2D eigenvalue weighted by atomic mass is 10.1. The van der Waals surface area contributed by atoms with Crippen molar-refractivity contribution in [1.29, 1.82) is 0 Å². The van der Waals surface area contributed by atoms with Gasteiger partial charge in [0.2, 0.25) is 5.91 Å². The van der Waals surface area contributed by atoms with E-state index in [0.717, 1.165) is 0 Å². The number of benzene rings is 2. The molecule has 1 atom stereocenters. The van der Waals surface area contributed by atoms with Gasteiger partial charge in [0, 0.05) is 24.7 Å². The summed E-state index contributed by atoms with van der Waals surface area (Å²) in [7, 11) is 1.63. The second-order valence-electron chi connectivity index (χ2n) is 6.48. The molecule has 0 saturated carbocycles. The Morgan fingerprint density at radius 1 is 1.14 bits per heavy atom. The van der Waals surface area contributed by atoms with Gasteiger partial charge in [-0.1, -0.05) is 18.2 Å². The molecular weight excluding hydrogens is 372 g/mol. The number of hydrazone groups is 1. The van der Waals surface area contributed by atoms with Gasteiger partial charge in [-0.15, -0.1) is 0 Å². The van der Waals surface area contributed by atoms with Gasteiger partial charge in [0.05, 0.1) is 12.3 Å². The van der Waals surface area contributed by atoms with Crippen LogP contribution in [0, 0.1) is 0 Å². The van der Waals surface area contributed by atoms with E-state index in [1.54, 1.807) is 43.2 Å². The average molecular weight is 394 g/mol. The van der Waals surface area contributed by atoms with E-state index in [9.17, 15) is 14.4 Å². The lowest BCUT2D eigenvalue weighted by molar-refractivity contribution is -0.135. The van der Waals surface area contributed by atoms with E-state index in [1.165, 1.54) is 4.90 Å². The van der Waals surface area contributed by atoms with E-state index in [2.05, 4.69) is 5.10 Å². The Morgan fingerprint density at radius 2 is 1.79 bits per heavy atom. The summed E-state index contributed by atoms with van der Waals surface area (Å²) < 4.78 is 5.05. The zero-order valence-electron chi connectivity index (χ0n) is 16.2. The van der Waals surface area contributed by atoms with Crippen LogP contribution in [-0.2, 0) is 14.3 Å². The van der Waals surface area contributed by atoms with E-state index < -0.39 is 17.9 Å². The number of carbonyl (C=O) groups is 3. The van der Waals surface area contributed by atoms with Crippen LogP contribution >= 0.6 is 0 Å². The fraction of sp³-hybridized carbons (Fsp3) is 0.238. The summed E-state index contributed by atoms with van der Waals surface area (Å²) in [4.78, 5) is 38.1. The molecule has 2 aromatic rings. The summed E-state index contributed by atoms with van der Waals surface area (Å²) in [5.74, 6) is -1.31. The molecule has 150 valence electrons. The second kappa shape index (κ2) is 8.55. The number of nitrogens with zero attached hydrogens (tertiary/aromatic N) is 3. The first-order valence-corrected chi connectivity index (χ1v) is 9.18. The molecule has 1 aliphatic rings. The highest BCUT2D eigenvalue weighted by Crippen LogP contribution is 2.27. The molecule has 3 rings (SSSR count). The lowest BCUT2D eigenvalue weighted by Crippen LogP contribution is -2.44. The third kappa shape index (κ3) is 4.26. The van der Waals surface area contributed by atoms with Crippen molar-refractivity contribution in [2.24, 2.45) is 10.8 Å². The number of carbonyl (C=O) groups excluding carboxylic acids is 3. The van der Waals surface area contributed by atoms with Crippen LogP contribution in [-0.4, -0.2) is 43.2 Å². The van der Waals surface area contributed by atoms with Crippen molar-refractivity contribution in [2.75, 3.05) is 23.6 Å². The standard InChI is InChI=1S/C21H22N4O4/c1-3-29-21(28)17-13-18(25(23-17)16-7-5-4-6-8-16)20(27)24(2)15-11-9-14(10-12-15)19(22)26/h4-12,18H,3,13H2,1-2H3,(H2,22,26). The van der Waals surface area contributed by atoms with Crippen molar-refractivity contribution < 1.29 is 19.1 Å². The molecule has 0 fully saturated rings. The molecule has 1 heterocycles. The molecule has 0 radical (unpaired) electrons. The number of hydrogen-bond acceptors (Lipinski definition) is 6. The van der Waals surface area contributed by atoms with Gasteiger partial charge in [-0.05, 0) is 43.3 Å². The van der Waals surface area contributed by atoms with Crippen molar-refractivity contribution in [3.63, 3.8) is 0 Å². The molecule has 1 aliphatic heterocycles. The van der Waals surface area contributed by atoms with E-state index >= 15 is 0 Å². The Labute approximate surface area is 168 Å². The minimum absolute atomic E-state index is 0.135. The van der Waals surface area contributed by atoms with Gasteiger partial charge in [0.1, 0.15) is 11.8 Å². The molecular formula is C21H22N4O4. The summed E-state index contributed by atoms with van der Waals surface area (Å²) >= 11 is 0. The minimum atomic E-state index is -0.697. The molecule has 0 saturated heterocycles. The number of amides is 2. The van der Waals surface area contributed by atoms with Crippen LogP contribution in [0.3, 0.4) is 0 Å². The number of ether oxygens (including phenoxy) is 1. The average Bonchev–Trinajstić information content (AvgIpc) is 3.19. The maximum absolute atomic E-state index is 13.2. The van der Waals surface area contributed by atoms with Gasteiger partial charge >= 0.3 is 5.97 Å². The second-order valence-corrected chi connectivity index (χ2v) is 6.48. The third-order valence-electron chi connectivity index (χ3n) is 4.60. The highest BCUT2D eigenvalue weighted by Gasteiger charge is 2.38. The first-order valence-electron chi connectivity index (χ1n) is 9.18. The number of anilines is 2. The Balaban J connectivity index is 1.87. The number of hydrogen-bond donors (Lipinski definition) is 1. The summed E-state index contributed by atoms with van der Waals surface area (Å²) in [6.07, 6.45) is 0.135. The number of para-hydroxylation sites is 1. The predicted octanol–water partition coefficient (Wildman–Crippen LogP) is 1.95. The van der Waals surface area contributed by atoms with Crippen LogP contribution in [0.2, 0.25) is 0 Å². The largest absolute Gasteiger partial charge is 0.461 e. The first kappa shape index (κ1) is 20.1. The highest BCUT2D eigenvalue weighted by atomic mass is 16.5. The summed E-state index contributed by atoms with van der Waals surface area (Å²) in [6, 6.07) is 14.9. The van der Waals surface area contributed by atoms with Crippen LogP contribution in [0.15, 0.2) is 59.7 Å². The van der Waals surface area contributed by atoms with E-state index in [4.69, 9.17) is 10.5 Å². The fourth-order valence-corrected chi connectivity index (χ4v) is 3.06. The number of likely N-dealkylation sites (N-methyl/N-ethyl adjacent to an activating group) is 1. The molecule has 29 heavy (non-hydrogen) atoms. The third-order valence-corrected chi connectivity index (χ3v) is 4.60. The minimum Gasteiger partial charge on any atom is -0.461 e. The molecule has 2 aromatic carbocycles. The maximum atomic E-state index is 13.2. The SMILES string of the molecule is CCOC(=O)C1=NN(c2ccccc2)C(C(=O)N(C)c2ccc(C(N)=O)cc2)C1. The van der Waals surface area contributed by atoms with Crippen LogP contribution < -0.4 is 15.6 Å². The molecule has 8 heteroatoms. The van der Waals surface area contributed by atoms with Gasteiger partial charge in [0.25, 0.3) is 5.91 Å².